The van der Waals surface area contributed by atoms with Crippen LogP contribution in [0.4, 0.5) is 0 Å². The minimum absolute atomic E-state index is 0.0165. The van der Waals surface area contributed by atoms with Crippen LogP contribution >= 0.6 is 12.2 Å². The van der Waals surface area contributed by atoms with Crippen LogP contribution < -0.4 is 0 Å². The summed E-state index contributed by atoms with van der Waals surface area (Å²) < 4.78 is 31.1. The molecular weight excluding hydrogens is 352 g/mol. The van der Waals surface area contributed by atoms with E-state index >= 15 is 0 Å². The summed E-state index contributed by atoms with van der Waals surface area (Å²) in [5, 5.41) is 0. The summed E-state index contributed by atoms with van der Waals surface area (Å²) in [6.45, 7) is 2.48. The number of carbonyl (C=O) groups excluding carboxylic acids is 2. The van der Waals surface area contributed by atoms with Crippen LogP contribution in [0.15, 0.2) is 33.6 Å². The van der Waals surface area contributed by atoms with Crippen LogP contribution in [0.25, 0.3) is 0 Å². The molecular formula is C15H12N2O5S2. The summed E-state index contributed by atoms with van der Waals surface area (Å²) in [6, 6.07) is 5.95. The van der Waals surface area contributed by atoms with Crippen molar-refractivity contribution in [1.82, 2.24) is 9.29 Å². The van der Waals surface area contributed by atoms with Gasteiger partial charge in [0.15, 0.2) is 5.78 Å². The average Bonchev–Trinajstić information content (AvgIpc) is 2.68. The molecule has 0 radical (unpaired) electrons. The maximum absolute atomic E-state index is 12.5. The number of nitrogens with zero attached hydrogens (tertiary/aromatic N) is 2. The van der Waals surface area contributed by atoms with E-state index in [0.29, 0.717) is 4.31 Å². The van der Waals surface area contributed by atoms with Crippen molar-refractivity contribution in [3.05, 3.63) is 51.7 Å². The molecule has 0 bridgehead atoms. The minimum atomic E-state index is -3.96. The Morgan fingerprint density at radius 3 is 2.58 bits per heavy atom. The first kappa shape index (κ1) is 16.5. The molecule has 2 heterocycles. The number of benzene rings is 1. The Bertz CT molecular complexity index is 1040. The van der Waals surface area contributed by atoms with Crippen LogP contribution in [-0.2, 0) is 16.6 Å². The summed E-state index contributed by atoms with van der Waals surface area (Å²) in [7, 11) is -3.96. The molecule has 7 nitrogen and oxygen atoms in total. The van der Waals surface area contributed by atoms with Gasteiger partial charge in [-0.05, 0) is 26.0 Å². The van der Waals surface area contributed by atoms with Crippen molar-refractivity contribution in [2.24, 2.45) is 0 Å². The summed E-state index contributed by atoms with van der Waals surface area (Å²) in [4.78, 5) is 27.8. The Balaban J connectivity index is 2.03. The van der Waals surface area contributed by atoms with E-state index in [-0.39, 0.29) is 38.1 Å². The van der Waals surface area contributed by atoms with Gasteiger partial charge in [0.1, 0.15) is 21.8 Å². The molecule has 3 rings (SSSR count). The lowest BCUT2D eigenvalue weighted by Crippen LogP contribution is -2.30. The molecule has 0 unspecified atom stereocenters. The maximum atomic E-state index is 12.5. The molecule has 24 heavy (non-hydrogen) atoms. The van der Waals surface area contributed by atoms with Gasteiger partial charge in [-0.3, -0.25) is 9.59 Å². The number of Topliss-reactive ketones (excluding diaryl/α,β-unsaturated/α-hetero) is 1. The highest BCUT2D eigenvalue weighted by Gasteiger charge is 2.41. The Morgan fingerprint density at radius 2 is 2.00 bits per heavy atom. The zero-order chi connectivity index (χ0) is 17.6. The third kappa shape index (κ3) is 2.45. The normalized spacial score (nSPS) is 15.4. The second-order valence-corrected chi connectivity index (χ2v) is 7.43. The highest BCUT2D eigenvalue weighted by molar-refractivity contribution is 7.90. The van der Waals surface area contributed by atoms with Crippen LogP contribution in [0.5, 0.6) is 0 Å². The maximum Gasteiger partial charge on any atom is 0.269 e. The van der Waals surface area contributed by atoms with Gasteiger partial charge in [-0.25, -0.2) is 17.7 Å². The van der Waals surface area contributed by atoms with Crippen molar-refractivity contribution in [2.75, 3.05) is 0 Å². The molecule has 9 heteroatoms. The van der Waals surface area contributed by atoms with Crippen molar-refractivity contribution < 1.29 is 22.4 Å². The van der Waals surface area contributed by atoms with E-state index in [9.17, 15) is 18.0 Å². The molecule has 0 spiro atoms. The summed E-state index contributed by atoms with van der Waals surface area (Å²) in [5.41, 5.74) is 0.279. The van der Waals surface area contributed by atoms with Gasteiger partial charge < -0.3 is 4.42 Å². The number of sulfonamides is 1. The lowest BCUT2D eigenvalue weighted by molar-refractivity contribution is 0.0854. The van der Waals surface area contributed by atoms with Gasteiger partial charge in [0.05, 0.1) is 11.1 Å². The molecule has 1 aliphatic rings. The first-order valence-corrected chi connectivity index (χ1v) is 8.76. The number of ketones is 1. The number of hydrogen-bond acceptors (Lipinski definition) is 7. The molecule has 0 saturated carbocycles. The molecule has 1 aliphatic heterocycles. The third-order valence-corrected chi connectivity index (χ3v) is 5.69. The molecule has 2 aromatic rings. The SMILES string of the molecule is CC(=O)c1c(C)oc(CN2C(=O)c3ccccc3S2(=O)=O)nc1=S. The highest BCUT2D eigenvalue weighted by atomic mass is 32.2. The fourth-order valence-electron chi connectivity index (χ4n) is 2.55. The summed E-state index contributed by atoms with van der Waals surface area (Å²) >= 11 is 5.06. The van der Waals surface area contributed by atoms with E-state index in [1.54, 1.807) is 12.1 Å². The number of carbonyl (C=O) groups is 2. The van der Waals surface area contributed by atoms with E-state index in [4.69, 9.17) is 16.6 Å². The molecule has 124 valence electrons. The van der Waals surface area contributed by atoms with Gasteiger partial charge in [-0.15, -0.1) is 0 Å². The minimum Gasteiger partial charge on any atom is -0.445 e. The molecule has 1 amide bonds. The van der Waals surface area contributed by atoms with Crippen LogP contribution in [0.3, 0.4) is 0 Å². The van der Waals surface area contributed by atoms with Crippen molar-refractivity contribution in [1.29, 1.82) is 0 Å². The molecule has 1 aromatic carbocycles. The van der Waals surface area contributed by atoms with Crippen LogP contribution in [0, 0.1) is 11.6 Å². The van der Waals surface area contributed by atoms with E-state index in [1.807, 2.05) is 0 Å². The zero-order valence-corrected chi connectivity index (χ0v) is 14.4. The zero-order valence-electron chi connectivity index (χ0n) is 12.8. The first-order valence-electron chi connectivity index (χ1n) is 6.91. The molecule has 0 saturated heterocycles. The average molecular weight is 364 g/mol. The third-order valence-electron chi connectivity index (χ3n) is 3.61. The van der Waals surface area contributed by atoms with Gasteiger partial charge in [-0.1, -0.05) is 24.4 Å². The second kappa shape index (κ2) is 5.60. The summed E-state index contributed by atoms with van der Waals surface area (Å²) in [5.74, 6) is -0.759. The van der Waals surface area contributed by atoms with E-state index < -0.39 is 22.5 Å². The number of amides is 1. The molecule has 0 atom stereocenters. The van der Waals surface area contributed by atoms with Gasteiger partial charge >= 0.3 is 0 Å². The Morgan fingerprint density at radius 1 is 1.33 bits per heavy atom. The van der Waals surface area contributed by atoms with E-state index in [0.717, 1.165) is 0 Å². The van der Waals surface area contributed by atoms with Gasteiger partial charge in [-0.2, -0.15) is 0 Å². The van der Waals surface area contributed by atoms with Crippen LogP contribution in [-0.4, -0.2) is 29.4 Å². The largest absolute Gasteiger partial charge is 0.445 e. The van der Waals surface area contributed by atoms with Crippen molar-refractivity contribution in [3.8, 4) is 0 Å². The molecule has 0 fully saturated rings. The fourth-order valence-corrected chi connectivity index (χ4v) is 4.45. The van der Waals surface area contributed by atoms with Gasteiger partial charge in [0.25, 0.3) is 15.9 Å². The second-order valence-electron chi connectivity index (χ2n) is 5.21. The van der Waals surface area contributed by atoms with Crippen molar-refractivity contribution in [2.45, 2.75) is 25.3 Å². The first-order chi connectivity index (χ1) is 11.2. The van der Waals surface area contributed by atoms with E-state index in [1.165, 1.54) is 26.0 Å². The lowest BCUT2D eigenvalue weighted by Gasteiger charge is -2.14. The van der Waals surface area contributed by atoms with Crippen molar-refractivity contribution in [3.63, 3.8) is 0 Å². The molecule has 0 aliphatic carbocycles. The lowest BCUT2D eigenvalue weighted by atomic mass is 10.2. The molecule has 1 aromatic heterocycles. The molecule has 0 N–H and O–H groups in total. The Hall–Kier alpha value is -2.39. The highest BCUT2D eigenvalue weighted by Crippen LogP contribution is 2.31. The fraction of sp³-hybridized carbons (Fsp3) is 0.200. The predicted molar refractivity (Wildman–Crippen MR) is 85.6 cm³/mol. The van der Waals surface area contributed by atoms with Crippen LogP contribution in [0.1, 0.15) is 39.3 Å². The topological polar surface area (TPSA) is 97.5 Å². The number of fused-ring (bicyclic) bond motifs is 1. The quantitative estimate of drug-likeness (QED) is 0.608. The smallest absolute Gasteiger partial charge is 0.269 e. The van der Waals surface area contributed by atoms with Gasteiger partial charge in [0.2, 0.25) is 5.89 Å². The van der Waals surface area contributed by atoms with E-state index in [2.05, 4.69) is 4.98 Å². The number of hydrogen-bond donors (Lipinski definition) is 0. The summed E-state index contributed by atoms with van der Waals surface area (Å²) in [6.07, 6.45) is 0. The number of aromatic nitrogens is 1. The predicted octanol–water partition coefficient (Wildman–Crippen LogP) is 2.26. The standard InChI is InChI=1S/C15H12N2O5S2/c1-8(18)13-9(2)22-12(16-14(13)23)7-17-15(19)10-5-3-4-6-11(10)24(17,20)21/h3-6H,7H2,1-2H3. The Kier molecular flexibility index (Phi) is 3.84. The number of rotatable bonds is 3. The number of aryl methyl sites for hydroxylation is 1. The van der Waals surface area contributed by atoms with Gasteiger partial charge in [0, 0.05) is 0 Å². The monoisotopic (exact) mass is 364 g/mol. The Labute approximate surface area is 143 Å². The van der Waals surface area contributed by atoms with Crippen molar-refractivity contribution >= 4 is 33.9 Å². The van der Waals surface area contributed by atoms with Crippen LogP contribution in [0.2, 0.25) is 0 Å².